The zero-order chi connectivity index (χ0) is 14.0. The summed E-state index contributed by atoms with van der Waals surface area (Å²) in [6.45, 7) is 3.06. The molecule has 0 saturated carbocycles. The number of rotatable bonds is 10. The van der Waals surface area contributed by atoms with E-state index in [9.17, 15) is 0 Å². The normalized spacial score (nSPS) is 11.7. The fourth-order valence-corrected chi connectivity index (χ4v) is 3.47. The zero-order valence-electron chi connectivity index (χ0n) is 12.1. The second-order valence-electron chi connectivity index (χ2n) is 4.28. The highest BCUT2D eigenvalue weighted by Crippen LogP contribution is 2.15. The van der Waals surface area contributed by atoms with Gasteiger partial charge in [-0.3, -0.25) is 0 Å². The van der Waals surface area contributed by atoms with Gasteiger partial charge in [-0.05, 0) is 12.0 Å². The Morgan fingerprint density at radius 1 is 1.05 bits per heavy atom. The van der Waals surface area contributed by atoms with Crippen LogP contribution in [-0.2, 0) is 24.1 Å². The quantitative estimate of drug-likeness (QED) is 0.376. The first-order chi connectivity index (χ1) is 9.26. The molecule has 0 heterocycles. The molecule has 0 atom stereocenters. The molecule has 0 spiro atoms. The van der Waals surface area contributed by atoms with Crippen LogP contribution in [0, 0.1) is 0 Å². The first kappa shape index (κ1) is 16.3. The van der Waals surface area contributed by atoms with Crippen molar-refractivity contribution in [2.24, 2.45) is 0 Å². The van der Waals surface area contributed by atoms with Gasteiger partial charge in [-0.1, -0.05) is 43.7 Å². The SMILES string of the molecule is CCCCOCO[Si](Cc1ccccc1)(OC)OC. The molecule has 0 amide bonds. The summed E-state index contributed by atoms with van der Waals surface area (Å²) in [7, 11) is 0.590. The predicted molar refractivity (Wildman–Crippen MR) is 76.7 cm³/mol. The van der Waals surface area contributed by atoms with E-state index in [1.807, 2.05) is 30.3 Å². The van der Waals surface area contributed by atoms with E-state index < -0.39 is 8.80 Å². The summed E-state index contributed by atoms with van der Waals surface area (Å²) in [6.07, 6.45) is 2.15. The van der Waals surface area contributed by atoms with E-state index in [-0.39, 0.29) is 6.79 Å². The van der Waals surface area contributed by atoms with Crippen molar-refractivity contribution in [1.29, 1.82) is 0 Å². The van der Waals surface area contributed by atoms with Gasteiger partial charge >= 0.3 is 8.80 Å². The van der Waals surface area contributed by atoms with Crippen LogP contribution in [-0.4, -0.2) is 36.4 Å². The Labute approximate surface area is 117 Å². The Hall–Kier alpha value is -0.723. The Balaban J connectivity index is 2.49. The van der Waals surface area contributed by atoms with Crippen LogP contribution in [0.1, 0.15) is 25.3 Å². The molecular formula is C14H24O4Si. The van der Waals surface area contributed by atoms with Gasteiger partial charge in [0.25, 0.3) is 0 Å². The van der Waals surface area contributed by atoms with Crippen LogP contribution >= 0.6 is 0 Å². The zero-order valence-corrected chi connectivity index (χ0v) is 13.1. The van der Waals surface area contributed by atoms with E-state index in [4.69, 9.17) is 18.0 Å². The van der Waals surface area contributed by atoms with E-state index in [2.05, 4.69) is 6.92 Å². The molecule has 0 N–H and O–H groups in total. The van der Waals surface area contributed by atoms with Crippen molar-refractivity contribution < 1.29 is 18.0 Å². The molecule has 0 aliphatic rings. The van der Waals surface area contributed by atoms with Crippen molar-refractivity contribution >= 4 is 8.80 Å². The van der Waals surface area contributed by atoms with Crippen LogP contribution in [0.3, 0.4) is 0 Å². The topological polar surface area (TPSA) is 36.9 Å². The molecule has 4 nitrogen and oxygen atoms in total. The number of hydrogen-bond donors (Lipinski definition) is 0. The van der Waals surface area contributed by atoms with Crippen molar-refractivity contribution in [3.63, 3.8) is 0 Å². The summed E-state index contributed by atoms with van der Waals surface area (Å²) < 4.78 is 22.2. The fraction of sp³-hybridized carbons (Fsp3) is 0.571. The molecule has 0 aromatic heterocycles. The molecule has 0 fully saturated rings. The molecule has 0 aliphatic carbocycles. The molecule has 1 rings (SSSR count). The molecule has 19 heavy (non-hydrogen) atoms. The van der Waals surface area contributed by atoms with Gasteiger partial charge in [-0.25, -0.2) is 0 Å². The number of ether oxygens (including phenoxy) is 1. The molecule has 108 valence electrons. The largest absolute Gasteiger partial charge is 0.506 e. The standard InChI is InChI=1S/C14H24O4Si/c1-4-5-11-17-13-18-19(15-2,16-3)12-14-9-7-6-8-10-14/h6-10H,4-5,11-13H2,1-3H3. The highest BCUT2D eigenvalue weighted by molar-refractivity contribution is 6.60. The van der Waals surface area contributed by atoms with Gasteiger partial charge in [-0.2, -0.15) is 0 Å². The Morgan fingerprint density at radius 3 is 2.32 bits per heavy atom. The Bertz CT molecular complexity index is 327. The maximum atomic E-state index is 5.75. The minimum absolute atomic E-state index is 0.223. The summed E-state index contributed by atoms with van der Waals surface area (Å²) in [4.78, 5) is 0. The molecule has 1 aromatic carbocycles. The summed E-state index contributed by atoms with van der Waals surface area (Å²) in [5.41, 5.74) is 1.14. The van der Waals surface area contributed by atoms with Crippen molar-refractivity contribution in [3.05, 3.63) is 35.9 Å². The van der Waals surface area contributed by atoms with Crippen molar-refractivity contribution in [2.75, 3.05) is 27.6 Å². The Kier molecular flexibility index (Phi) is 7.93. The predicted octanol–water partition coefficient (Wildman–Crippen LogP) is 2.79. The van der Waals surface area contributed by atoms with Gasteiger partial charge < -0.3 is 18.0 Å². The average Bonchev–Trinajstić information content (AvgIpc) is 2.47. The number of hydrogen-bond acceptors (Lipinski definition) is 4. The van der Waals surface area contributed by atoms with Gasteiger partial charge in [0.2, 0.25) is 0 Å². The maximum absolute atomic E-state index is 5.75. The van der Waals surface area contributed by atoms with E-state index in [0.717, 1.165) is 18.4 Å². The van der Waals surface area contributed by atoms with Gasteiger partial charge in [0.05, 0.1) is 0 Å². The van der Waals surface area contributed by atoms with Crippen LogP contribution < -0.4 is 0 Å². The average molecular weight is 284 g/mol. The van der Waals surface area contributed by atoms with E-state index in [0.29, 0.717) is 12.7 Å². The Morgan fingerprint density at radius 2 is 1.74 bits per heavy atom. The third-order valence-electron chi connectivity index (χ3n) is 2.89. The summed E-state index contributed by atoms with van der Waals surface area (Å²) in [6, 6.07) is 10.7. The molecule has 0 unspecified atom stereocenters. The molecule has 0 bridgehead atoms. The first-order valence-corrected chi connectivity index (χ1v) is 8.55. The second kappa shape index (κ2) is 9.22. The molecule has 0 aliphatic heterocycles. The van der Waals surface area contributed by atoms with Gasteiger partial charge in [0.1, 0.15) is 6.79 Å². The second-order valence-corrected chi connectivity index (χ2v) is 7.10. The van der Waals surface area contributed by atoms with E-state index >= 15 is 0 Å². The van der Waals surface area contributed by atoms with Crippen LogP contribution in [0.25, 0.3) is 0 Å². The van der Waals surface area contributed by atoms with Gasteiger partial charge in [0, 0.05) is 26.9 Å². The molecule has 0 radical (unpaired) electrons. The number of benzene rings is 1. The van der Waals surface area contributed by atoms with Crippen molar-refractivity contribution in [2.45, 2.75) is 25.8 Å². The maximum Gasteiger partial charge on any atom is 0.506 e. The lowest BCUT2D eigenvalue weighted by molar-refractivity contribution is -0.0340. The number of unbranched alkanes of at least 4 members (excludes halogenated alkanes) is 1. The fourth-order valence-electron chi connectivity index (χ4n) is 1.68. The van der Waals surface area contributed by atoms with E-state index in [1.165, 1.54) is 0 Å². The smallest absolute Gasteiger partial charge is 0.377 e. The van der Waals surface area contributed by atoms with Crippen LogP contribution in [0.2, 0.25) is 0 Å². The highest BCUT2D eigenvalue weighted by Gasteiger charge is 2.39. The summed E-state index contributed by atoms with van der Waals surface area (Å²) >= 11 is 0. The molecular weight excluding hydrogens is 260 g/mol. The van der Waals surface area contributed by atoms with Gasteiger partial charge in [0.15, 0.2) is 0 Å². The summed E-state index contributed by atoms with van der Waals surface area (Å²) in [5, 5.41) is 0. The monoisotopic (exact) mass is 284 g/mol. The highest BCUT2D eigenvalue weighted by atomic mass is 28.4. The van der Waals surface area contributed by atoms with Crippen LogP contribution in [0.4, 0.5) is 0 Å². The summed E-state index contributed by atoms with van der Waals surface area (Å²) in [5.74, 6) is 0. The van der Waals surface area contributed by atoms with Crippen molar-refractivity contribution in [3.8, 4) is 0 Å². The lowest BCUT2D eigenvalue weighted by Crippen LogP contribution is -2.47. The third kappa shape index (κ3) is 5.84. The molecule has 1 aromatic rings. The lowest BCUT2D eigenvalue weighted by Gasteiger charge is -2.26. The first-order valence-electron chi connectivity index (χ1n) is 6.62. The lowest BCUT2D eigenvalue weighted by atomic mass is 10.2. The minimum Gasteiger partial charge on any atom is -0.377 e. The van der Waals surface area contributed by atoms with E-state index in [1.54, 1.807) is 14.2 Å². The molecule has 5 heteroatoms. The van der Waals surface area contributed by atoms with Crippen LogP contribution in [0.15, 0.2) is 30.3 Å². The van der Waals surface area contributed by atoms with Crippen molar-refractivity contribution in [1.82, 2.24) is 0 Å². The minimum atomic E-state index is -2.67. The third-order valence-corrected chi connectivity index (χ3v) is 5.53. The van der Waals surface area contributed by atoms with Crippen LogP contribution in [0.5, 0.6) is 0 Å². The molecule has 0 saturated heterocycles. The van der Waals surface area contributed by atoms with Gasteiger partial charge in [-0.15, -0.1) is 0 Å².